The van der Waals surface area contributed by atoms with Crippen LogP contribution >= 0.6 is 0 Å². The van der Waals surface area contributed by atoms with Crippen LogP contribution in [0, 0.1) is 0 Å². The largest absolute Gasteiger partial charge is 0.353 e. The molecule has 31 heavy (non-hydrogen) atoms. The standard InChI is InChI=1S/C27H26N2O2/c30-26(28-24-14-15-24)19-22-11-16-25(17-12-22)29(20-23-9-5-2-6-10-23)27(31)18-13-21-7-3-1-4-8-21/h1-13,16-18,24H,14-15,19-20H2,(H,28,30)/b18-13+. The van der Waals surface area contributed by atoms with Gasteiger partial charge in [0.15, 0.2) is 0 Å². The second-order valence-corrected chi connectivity index (χ2v) is 7.84. The Morgan fingerprint density at radius 2 is 1.48 bits per heavy atom. The van der Waals surface area contributed by atoms with Gasteiger partial charge in [0.1, 0.15) is 0 Å². The molecule has 0 radical (unpaired) electrons. The molecule has 3 aromatic rings. The van der Waals surface area contributed by atoms with Crippen LogP contribution in [0.5, 0.6) is 0 Å². The van der Waals surface area contributed by atoms with Crippen molar-refractivity contribution >= 4 is 23.6 Å². The van der Waals surface area contributed by atoms with Crippen LogP contribution < -0.4 is 10.2 Å². The summed E-state index contributed by atoms with van der Waals surface area (Å²) in [4.78, 5) is 26.9. The second-order valence-electron chi connectivity index (χ2n) is 7.84. The molecule has 0 saturated heterocycles. The topological polar surface area (TPSA) is 49.4 Å². The van der Waals surface area contributed by atoms with Gasteiger partial charge in [-0.05, 0) is 47.7 Å². The van der Waals surface area contributed by atoms with Gasteiger partial charge in [-0.1, -0.05) is 72.8 Å². The van der Waals surface area contributed by atoms with Crippen LogP contribution in [0.1, 0.15) is 29.5 Å². The highest BCUT2D eigenvalue weighted by molar-refractivity contribution is 6.03. The molecule has 4 rings (SSSR count). The highest BCUT2D eigenvalue weighted by atomic mass is 16.2. The van der Waals surface area contributed by atoms with Crippen molar-refractivity contribution in [1.29, 1.82) is 0 Å². The van der Waals surface area contributed by atoms with Crippen LogP contribution in [-0.4, -0.2) is 17.9 Å². The van der Waals surface area contributed by atoms with Crippen LogP contribution in [-0.2, 0) is 22.6 Å². The molecule has 0 atom stereocenters. The van der Waals surface area contributed by atoms with Crippen molar-refractivity contribution in [3.63, 3.8) is 0 Å². The molecule has 156 valence electrons. The van der Waals surface area contributed by atoms with E-state index in [1.54, 1.807) is 11.0 Å². The minimum absolute atomic E-state index is 0.0539. The molecule has 0 unspecified atom stereocenters. The first-order valence-corrected chi connectivity index (χ1v) is 10.6. The van der Waals surface area contributed by atoms with E-state index in [0.29, 0.717) is 19.0 Å². The molecule has 1 aliphatic carbocycles. The minimum Gasteiger partial charge on any atom is -0.353 e. The van der Waals surface area contributed by atoms with Crippen molar-refractivity contribution in [3.05, 3.63) is 108 Å². The maximum atomic E-state index is 13.1. The van der Waals surface area contributed by atoms with Crippen molar-refractivity contribution in [2.24, 2.45) is 0 Å². The minimum atomic E-state index is -0.0908. The Labute approximate surface area is 183 Å². The van der Waals surface area contributed by atoms with E-state index >= 15 is 0 Å². The number of anilines is 1. The van der Waals surface area contributed by atoms with Crippen molar-refractivity contribution in [3.8, 4) is 0 Å². The predicted molar refractivity (Wildman–Crippen MR) is 124 cm³/mol. The number of nitrogens with zero attached hydrogens (tertiary/aromatic N) is 1. The third-order valence-electron chi connectivity index (χ3n) is 5.22. The molecule has 1 aliphatic rings. The van der Waals surface area contributed by atoms with Gasteiger partial charge in [-0.25, -0.2) is 0 Å². The summed E-state index contributed by atoms with van der Waals surface area (Å²) in [5.74, 6) is -0.0369. The fraction of sp³-hybridized carbons (Fsp3) is 0.185. The van der Waals surface area contributed by atoms with Crippen LogP contribution in [0.3, 0.4) is 0 Å². The van der Waals surface area contributed by atoms with Gasteiger partial charge in [-0.2, -0.15) is 0 Å². The summed E-state index contributed by atoms with van der Waals surface area (Å²) in [6.45, 7) is 0.473. The lowest BCUT2D eigenvalue weighted by Crippen LogP contribution is -2.29. The molecular weight excluding hydrogens is 384 g/mol. The first-order valence-electron chi connectivity index (χ1n) is 10.6. The van der Waals surface area contributed by atoms with Crippen LogP contribution in [0.25, 0.3) is 6.08 Å². The Morgan fingerprint density at radius 3 is 2.13 bits per heavy atom. The lowest BCUT2D eigenvalue weighted by atomic mass is 10.1. The Morgan fingerprint density at radius 1 is 0.839 bits per heavy atom. The van der Waals surface area contributed by atoms with E-state index in [0.717, 1.165) is 35.2 Å². The molecule has 0 aromatic heterocycles. The van der Waals surface area contributed by atoms with Crippen LogP contribution in [0.15, 0.2) is 91.0 Å². The molecule has 2 amide bonds. The highest BCUT2D eigenvalue weighted by Crippen LogP contribution is 2.21. The van der Waals surface area contributed by atoms with Crippen LogP contribution in [0.2, 0.25) is 0 Å². The summed E-state index contributed by atoms with van der Waals surface area (Å²) < 4.78 is 0. The summed E-state index contributed by atoms with van der Waals surface area (Å²) in [7, 11) is 0. The molecule has 0 bridgehead atoms. The molecule has 3 aromatic carbocycles. The van der Waals surface area contributed by atoms with E-state index in [9.17, 15) is 9.59 Å². The van der Waals surface area contributed by atoms with E-state index in [-0.39, 0.29) is 11.8 Å². The number of nitrogens with one attached hydrogen (secondary N) is 1. The van der Waals surface area contributed by atoms with Gasteiger partial charge in [0.05, 0.1) is 13.0 Å². The normalized spacial score (nSPS) is 13.2. The fourth-order valence-corrected chi connectivity index (χ4v) is 3.37. The number of benzene rings is 3. The lowest BCUT2D eigenvalue weighted by Gasteiger charge is -2.22. The summed E-state index contributed by atoms with van der Waals surface area (Å²) >= 11 is 0. The van der Waals surface area contributed by atoms with Gasteiger partial charge in [0.2, 0.25) is 5.91 Å². The van der Waals surface area contributed by atoms with E-state index in [1.165, 1.54) is 0 Å². The van der Waals surface area contributed by atoms with Gasteiger partial charge in [-0.3, -0.25) is 9.59 Å². The van der Waals surface area contributed by atoms with Crippen molar-refractivity contribution < 1.29 is 9.59 Å². The summed E-state index contributed by atoms with van der Waals surface area (Å²) in [6.07, 6.45) is 5.96. The molecule has 0 aliphatic heterocycles. The molecule has 1 N–H and O–H groups in total. The molecule has 1 fully saturated rings. The number of rotatable bonds is 8. The van der Waals surface area contributed by atoms with E-state index in [2.05, 4.69) is 5.32 Å². The average Bonchev–Trinajstić information content (AvgIpc) is 3.62. The van der Waals surface area contributed by atoms with Gasteiger partial charge in [0, 0.05) is 17.8 Å². The lowest BCUT2D eigenvalue weighted by molar-refractivity contribution is -0.120. The third-order valence-corrected chi connectivity index (χ3v) is 5.22. The SMILES string of the molecule is O=C(Cc1ccc(N(Cc2ccccc2)C(=O)/C=C/c2ccccc2)cc1)NC1CC1. The predicted octanol–water partition coefficient (Wildman–Crippen LogP) is 4.75. The zero-order valence-corrected chi connectivity index (χ0v) is 17.4. The summed E-state index contributed by atoms with van der Waals surface area (Å²) in [5, 5.41) is 3.01. The molecule has 0 spiro atoms. The maximum absolute atomic E-state index is 13.1. The molecule has 4 heteroatoms. The monoisotopic (exact) mass is 410 g/mol. The van der Waals surface area contributed by atoms with Gasteiger partial charge < -0.3 is 10.2 Å². The first-order chi connectivity index (χ1) is 15.2. The number of hydrogen-bond donors (Lipinski definition) is 1. The van der Waals surface area contributed by atoms with Crippen molar-refractivity contribution in [2.45, 2.75) is 31.8 Å². The number of hydrogen-bond acceptors (Lipinski definition) is 2. The molecule has 1 saturated carbocycles. The maximum Gasteiger partial charge on any atom is 0.251 e. The second kappa shape index (κ2) is 9.90. The molecule has 0 heterocycles. The Balaban J connectivity index is 1.51. The van der Waals surface area contributed by atoms with Crippen molar-refractivity contribution in [2.75, 3.05) is 4.90 Å². The summed E-state index contributed by atoms with van der Waals surface area (Å²) in [6, 6.07) is 27.7. The Kier molecular flexibility index (Phi) is 6.58. The summed E-state index contributed by atoms with van der Waals surface area (Å²) in [5.41, 5.74) is 3.77. The quantitative estimate of drug-likeness (QED) is 0.545. The zero-order chi connectivity index (χ0) is 21.5. The Bertz CT molecular complexity index is 1040. The van der Waals surface area contributed by atoms with Gasteiger partial charge in [-0.15, -0.1) is 0 Å². The zero-order valence-electron chi connectivity index (χ0n) is 17.4. The number of amides is 2. The Hall–Kier alpha value is -3.66. The van der Waals surface area contributed by atoms with E-state index in [1.807, 2.05) is 91.0 Å². The van der Waals surface area contributed by atoms with Crippen LogP contribution in [0.4, 0.5) is 5.69 Å². The molecule has 4 nitrogen and oxygen atoms in total. The molecular formula is C27H26N2O2. The van der Waals surface area contributed by atoms with Gasteiger partial charge in [0.25, 0.3) is 5.91 Å². The number of carbonyl (C=O) groups is 2. The van der Waals surface area contributed by atoms with E-state index in [4.69, 9.17) is 0 Å². The number of carbonyl (C=O) groups excluding carboxylic acids is 2. The average molecular weight is 411 g/mol. The first kappa shape index (κ1) is 20.6. The third kappa shape index (κ3) is 6.16. The van der Waals surface area contributed by atoms with Crippen molar-refractivity contribution in [1.82, 2.24) is 5.32 Å². The highest BCUT2D eigenvalue weighted by Gasteiger charge is 2.23. The smallest absolute Gasteiger partial charge is 0.251 e. The van der Waals surface area contributed by atoms with E-state index < -0.39 is 0 Å². The van der Waals surface area contributed by atoms with Gasteiger partial charge >= 0.3 is 0 Å². The fourth-order valence-electron chi connectivity index (χ4n) is 3.37.